The van der Waals surface area contributed by atoms with Crippen LogP contribution in [-0.4, -0.2) is 91.5 Å². The second kappa shape index (κ2) is 6.81. The summed E-state index contributed by atoms with van der Waals surface area (Å²) in [6.45, 7) is 0.0400. The normalized spacial score (nSPS) is 38.1. The summed E-state index contributed by atoms with van der Waals surface area (Å²) < 4.78 is 18.7. The van der Waals surface area contributed by atoms with E-state index in [2.05, 4.69) is 10.1 Å². The highest BCUT2D eigenvalue weighted by Gasteiger charge is 2.61. The molecule has 1 fully saturated rings. The average molecular weight is 327 g/mol. The van der Waals surface area contributed by atoms with Gasteiger partial charge in [0.25, 0.3) is 0 Å². The number of amides is 1. The Morgan fingerprint density at radius 2 is 1.91 bits per heavy atom. The average Bonchev–Trinajstić information content (AvgIpc) is 2.45. The lowest BCUT2D eigenvalue weighted by Gasteiger charge is -2.46. The highest BCUT2D eigenvalue weighted by molar-refractivity contribution is 5.77. The molecule has 7 atom stereocenters. The number of hydrogen-bond acceptors (Lipinski definition) is 8. The minimum Gasteiger partial charge on any atom is -0.477 e. The quantitative estimate of drug-likeness (QED) is 0.266. The number of carbonyl (C=O) groups is 2. The van der Waals surface area contributed by atoms with Crippen LogP contribution in [0.1, 0.15) is 6.92 Å². The van der Waals surface area contributed by atoms with Crippen molar-refractivity contribution < 1.29 is 49.4 Å². The van der Waals surface area contributed by atoms with Gasteiger partial charge in [-0.15, -0.1) is 0 Å². The van der Waals surface area contributed by atoms with E-state index < -0.39 is 60.9 Å². The molecule has 0 unspecified atom stereocenters. The zero-order valence-electron chi connectivity index (χ0n) is 11.5. The molecule has 0 radical (unpaired) electrons. The number of aliphatic hydroxyl groups excluding tert-OH is 5. The Balaban J connectivity index is 3.19. The zero-order valence-corrected chi connectivity index (χ0v) is 11.5. The lowest BCUT2D eigenvalue weighted by atomic mass is 9.87. The third-order valence-corrected chi connectivity index (χ3v) is 3.31. The van der Waals surface area contributed by atoms with Gasteiger partial charge in [-0.2, -0.15) is 4.39 Å². The summed E-state index contributed by atoms with van der Waals surface area (Å²) in [5.41, 5.74) is 0. The lowest BCUT2D eigenvalue weighted by Crippen LogP contribution is -2.72. The molecule has 11 heteroatoms. The van der Waals surface area contributed by atoms with Crippen molar-refractivity contribution >= 4 is 11.9 Å². The van der Waals surface area contributed by atoms with Crippen molar-refractivity contribution in [2.24, 2.45) is 0 Å². The first-order valence-electron chi connectivity index (χ1n) is 6.26. The van der Waals surface area contributed by atoms with Gasteiger partial charge in [0.1, 0.15) is 24.4 Å². The van der Waals surface area contributed by atoms with Gasteiger partial charge in [-0.05, 0) is 0 Å². The number of rotatable bonds is 5. The van der Waals surface area contributed by atoms with Crippen LogP contribution in [0.3, 0.4) is 0 Å². The van der Waals surface area contributed by atoms with E-state index in [4.69, 9.17) is 10.2 Å². The molecular weight excluding hydrogens is 309 g/mol. The number of aliphatic hydroxyl groups is 5. The molecule has 0 spiro atoms. The SMILES string of the molecule is CC(=O)N[C@@H]1[C@@H](O)[C@H](O)[C@](F)(C(=O)O)O[C@H]1[C@H](O)[C@H](O)CO. The highest BCUT2D eigenvalue weighted by atomic mass is 19.2. The van der Waals surface area contributed by atoms with Crippen molar-refractivity contribution in [3.8, 4) is 0 Å². The van der Waals surface area contributed by atoms with Crippen LogP contribution >= 0.6 is 0 Å². The molecule has 0 aromatic rings. The summed E-state index contributed by atoms with van der Waals surface area (Å²) in [4.78, 5) is 22.0. The van der Waals surface area contributed by atoms with Gasteiger partial charge in [0, 0.05) is 6.92 Å². The second-order valence-electron chi connectivity index (χ2n) is 4.93. The van der Waals surface area contributed by atoms with Crippen LogP contribution in [0.25, 0.3) is 0 Å². The first kappa shape index (κ1) is 18.7. The van der Waals surface area contributed by atoms with Gasteiger partial charge in [0.2, 0.25) is 5.91 Å². The topological polar surface area (TPSA) is 177 Å². The first-order valence-corrected chi connectivity index (χ1v) is 6.26. The molecule has 0 saturated carbocycles. The Morgan fingerprint density at radius 3 is 2.32 bits per heavy atom. The number of aliphatic carboxylic acids is 1. The van der Waals surface area contributed by atoms with E-state index in [1.54, 1.807) is 0 Å². The molecule has 1 heterocycles. The van der Waals surface area contributed by atoms with Crippen molar-refractivity contribution in [2.45, 2.75) is 49.3 Å². The van der Waals surface area contributed by atoms with Gasteiger partial charge in [-0.1, -0.05) is 0 Å². The van der Waals surface area contributed by atoms with Crippen LogP contribution in [0.5, 0.6) is 0 Å². The number of ether oxygens (including phenoxy) is 1. The van der Waals surface area contributed by atoms with E-state index in [0.29, 0.717) is 0 Å². The Bertz CT molecular complexity index is 436. The van der Waals surface area contributed by atoms with Crippen LogP contribution in [0.2, 0.25) is 0 Å². The monoisotopic (exact) mass is 327 g/mol. The summed E-state index contributed by atoms with van der Waals surface area (Å²) in [5.74, 6) is -6.79. The summed E-state index contributed by atoms with van der Waals surface area (Å²) in [6, 6.07) is -1.62. The maximum atomic E-state index is 14.2. The second-order valence-corrected chi connectivity index (χ2v) is 4.93. The fraction of sp³-hybridized carbons (Fsp3) is 0.818. The van der Waals surface area contributed by atoms with E-state index in [1.807, 2.05) is 0 Å². The molecule has 1 rings (SSSR count). The van der Waals surface area contributed by atoms with Gasteiger partial charge in [-0.3, -0.25) is 4.79 Å². The first-order chi connectivity index (χ1) is 10.1. The molecule has 128 valence electrons. The van der Waals surface area contributed by atoms with E-state index in [0.717, 1.165) is 6.92 Å². The number of carboxylic acids is 1. The Hall–Kier alpha value is -1.37. The Morgan fingerprint density at radius 1 is 1.36 bits per heavy atom. The fourth-order valence-corrected chi connectivity index (χ4v) is 2.14. The summed E-state index contributed by atoms with van der Waals surface area (Å²) in [6.07, 6.45) is -10.5. The molecule has 0 aromatic carbocycles. The molecule has 1 amide bonds. The Labute approximate surface area is 123 Å². The van der Waals surface area contributed by atoms with Crippen molar-refractivity contribution in [1.82, 2.24) is 5.32 Å². The molecule has 0 aliphatic carbocycles. The predicted molar refractivity (Wildman–Crippen MR) is 65.1 cm³/mol. The largest absolute Gasteiger partial charge is 0.477 e. The predicted octanol–water partition coefficient (Wildman–Crippen LogP) is -3.92. The lowest BCUT2D eigenvalue weighted by molar-refractivity contribution is -0.306. The number of alkyl halides is 1. The third kappa shape index (κ3) is 3.34. The Kier molecular flexibility index (Phi) is 5.78. The van der Waals surface area contributed by atoms with Crippen LogP contribution in [0, 0.1) is 0 Å². The van der Waals surface area contributed by atoms with E-state index in [-0.39, 0.29) is 0 Å². The zero-order chi connectivity index (χ0) is 17.2. The van der Waals surface area contributed by atoms with Crippen LogP contribution in [0.4, 0.5) is 4.39 Å². The summed E-state index contributed by atoms with van der Waals surface area (Å²) in [7, 11) is 0. The number of halogens is 1. The van der Waals surface area contributed by atoms with Gasteiger partial charge in [0.15, 0.2) is 6.10 Å². The maximum Gasteiger partial charge on any atom is 0.372 e. The number of carboxylic acid groups (broad SMARTS) is 1. The minimum absolute atomic E-state index is 0.753. The van der Waals surface area contributed by atoms with Gasteiger partial charge in [0.05, 0.1) is 12.6 Å². The van der Waals surface area contributed by atoms with E-state index in [9.17, 15) is 34.4 Å². The molecule has 1 aliphatic rings. The summed E-state index contributed by atoms with van der Waals surface area (Å²) >= 11 is 0. The molecule has 7 N–H and O–H groups in total. The molecule has 0 aromatic heterocycles. The molecule has 10 nitrogen and oxygen atoms in total. The van der Waals surface area contributed by atoms with Gasteiger partial charge in [-0.25, -0.2) is 4.79 Å². The van der Waals surface area contributed by atoms with Gasteiger partial charge >= 0.3 is 11.8 Å². The molecular formula is C11H18FNO9. The third-order valence-electron chi connectivity index (χ3n) is 3.31. The standard InChI is InChI=1S/C11H18FNO9/c1-3(15)13-5-7(18)9(19)11(12,10(20)21)22-8(5)6(17)4(16)2-14/h4-9,14,16-19H,2H2,1H3,(H,13,15)(H,20,21)/t4-,5-,6-,7-,8-,9+,11-/m1/s1. The van der Waals surface area contributed by atoms with Gasteiger partial charge < -0.3 is 40.7 Å². The molecule has 22 heavy (non-hydrogen) atoms. The maximum absolute atomic E-state index is 14.2. The van der Waals surface area contributed by atoms with Crippen molar-refractivity contribution in [2.75, 3.05) is 6.61 Å². The van der Waals surface area contributed by atoms with Crippen LogP contribution in [0.15, 0.2) is 0 Å². The van der Waals surface area contributed by atoms with E-state index in [1.165, 1.54) is 0 Å². The smallest absolute Gasteiger partial charge is 0.372 e. The van der Waals surface area contributed by atoms with Crippen molar-refractivity contribution in [1.29, 1.82) is 0 Å². The van der Waals surface area contributed by atoms with Crippen LogP contribution in [-0.2, 0) is 14.3 Å². The highest BCUT2D eigenvalue weighted by Crippen LogP contribution is 2.33. The number of carbonyl (C=O) groups excluding carboxylic acids is 1. The minimum atomic E-state index is -3.77. The summed E-state index contributed by atoms with van der Waals surface area (Å²) in [5, 5.41) is 58.2. The van der Waals surface area contributed by atoms with E-state index >= 15 is 0 Å². The fourth-order valence-electron chi connectivity index (χ4n) is 2.14. The number of nitrogens with one attached hydrogen (secondary N) is 1. The number of hydrogen-bond donors (Lipinski definition) is 7. The van der Waals surface area contributed by atoms with Crippen molar-refractivity contribution in [3.05, 3.63) is 0 Å². The van der Waals surface area contributed by atoms with Crippen LogP contribution < -0.4 is 5.32 Å². The molecule has 0 bridgehead atoms. The van der Waals surface area contributed by atoms with Crippen molar-refractivity contribution in [3.63, 3.8) is 0 Å². The molecule has 1 aliphatic heterocycles. The molecule has 1 saturated heterocycles.